The number of aromatic nitrogens is 3. The summed E-state index contributed by atoms with van der Waals surface area (Å²) in [7, 11) is 0. The standard InChI is InChI=1S/C17H15FN4O/c1-19-10-8-15(23)16-13-6-4-9-20-17(13)22(21-16)11-12-5-2-3-7-14(12)18/h2-7,9H,1,8,10-11H2. The van der Waals surface area contributed by atoms with Gasteiger partial charge in [-0.1, -0.05) is 18.2 Å². The van der Waals surface area contributed by atoms with Crippen LogP contribution in [-0.2, 0) is 6.54 Å². The first kappa shape index (κ1) is 15.0. The fourth-order valence-electron chi connectivity index (χ4n) is 2.41. The van der Waals surface area contributed by atoms with Gasteiger partial charge in [0.1, 0.15) is 11.5 Å². The molecule has 23 heavy (non-hydrogen) atoms. The summed E-state index contributed by atoms with van der Waals surface area (Å²) in [6.07, 6.45) is 1.87. The highest BCUT2D eigenvalue weighted by Crippen LogP contribution is 2.19. The summed E-state index contributed by atoms with van der Waals surface area (Å²) in [6.45, 7) is 3.94. The largest absolute Gasteiger partial charge is 0.300 e. The zero-order valence-corrected chi connectivity index (χ0v) is 12.4. The Morgan fingerprint density at radius 2 is 2.09 bits per heavy atom. The summed E-state index contributed by atoms with van der Waals surface area (Å²) >= 11 is 0. The number of ketones is 1. The van der Waals surface area contributed by atoms with E-state index in [9.17, 15) is 9.18 Å². The van der Waals surface area contributed by atoms with E-state index in [1.807, 2.05) is 0 Å². The predicted octanol–water partition coefficient (Wildman–Crippen LogP) is 2.89. The van der Waals surface area contributed by atoms with E-state index < -0.39 is 0 Å². The van der Waals surface area contributed by atoms with Gasteiger partial charge in [-0.2, -0.15) is 5.10 Å². The first-order chi connectivity index (χ1) is 11.2. The fraction of sp³-hybridized carbons (Fsp3) is 0.176. The maximum absolute atomic E-state index is 13.9. The molecule has 2 heterocycles. The van der Waals surface area contributed by atoms with Gasteiger partial charge >= 0.3 is 0 Å². The van der Waals surface area contributed by atoms with Crippen molar-refractivity contribution in [3.05, 3.63) is 59.7 Å². The van der Waals surface area contributed by atoms with Crippen LogP contribution in [0.15, 0.2) is 47.6 Å². The van der Waals surface area contributed by atoms with Crippen LogP contribution in [-0.4, -0.2) is 33.8 Å². The lowest BCUT2D eigenvalue weighted by Crippen LogP contribution is -2.07. The molecular formula is C17H15FN4O. The molecule has 6 heteroatoms. The fourth-order valence-corrected chi connectivity index (χ4v) is 2.41. The molecule has 0 aliphatic rings. The second-order valence-corrected chi connectivity index (χ2v) is 5.09. The van der Waals surface area contributed by atoms with Gasteiger partial charge in [0.2, 0.25) is 0 Å². The number of benzene rings is 1. The van der Waals surface area contributed by atoms with Crippen molar-refractivity contribution in [2.75, 3.05) is 6.54 Å². The molecule has 0 bridgehead atoms. The summed E-state index contributed by atoms with van der Waals surface area (Å²) in [4.78, 5) is 20.3. The van der Waals surface area contributed by atoms with Crippen molar-refractivity contribution < 1.29 is 9.18 Å². The molecule has 0 unspecified atom stereocenters. The van der Waals surface area contributed by atoms with Crippen LogP contribution in [0.2, 0.25) is 0 Å². The average Bonchev–Trinajstić information content (AvgIpc) is 2.94. The van der Waals surface area contributed by atoms with Crippen LogP contribution in [0.25, 0.3) is 11.0 Å². The smallest absolute Gasteiger partial charge is 0.185 e. The first-order valence-corrected chi connectivity index (χ1v) is 7.21. The van der Waals surface area contributed by atoms with Crippen LogP contribution < -0.4 is 0 Å². The number of pyridine rings is 1. The van der Waals surface area contributed by atoms with E-state index in [-0.39, 0.29) is 24.6 Å². The lowest BCUT2D eigenvalue weighted by atomic mass is 10.1. The van der Waals surface area contributed by atoms with Crippen LogP contribution in [0.4, 0.5) is 4.39 Å². The molecule has 0 saturated heterocycles. The van der Waals surface area contributed by atoms with Crippen molar-refractivity contribution in [2.24, 2.45) is 4.99 Å². The number of aliphatic imine (C=N–C) groups is 1. The Bertz CT molecular complexity index is 872. The van der Waals surface area contributed by atoms with Crippen LogP contribution in [0.1, 0.15) is 22.5 Å². The van der Waals surface area contributed by atoms with E-state index in [0.717, 1.165) is 0 Å². The Morgan fingerprint density at radius 3 is 2.87 bits per heavy atom. The van der Waals surface area contributed by atoms with Crippen molar-refractivity contribution in [2.45, 2.75) is 13.0 Å². The molecule has 0 aliphatic heterocycles. The summed E-state index contributed by atoms with van der Waals surface area (Å²) in [5, 5.41) is 5.02. The van der Waals surface area contributed by atoms with Crippen LogP contribution >= 0.6 is 0 Å². The topological polar surface area (TPSA) is 60.1 Å². The number of nitrogens with zero attached hydrogens (tertiary/aromatic N) is 4. The molecule has 3 rings (SSSR count). The highest BCUT2D eigenvalue weighted by molar-refractivity contribution is 6.05. The third-order valence-corrected chi connectivity index (χ3v) is 3.55. The Hall–Kier alpha value is -2.89. The lowest BCUT2D eigenvalue weighted by molar-refractivity contribution is 0.0981. The van der Waals surface area contributed by atoms with Crippen molar-refractivity contribution in [3.63, 3.8) is 0 Å². The van der Waals surface area contributed by atoms with Gasteiger partial charge in [-0.15, -0.1) is 0 Å². The highest BCUT2D eigenvalue weighted by atomic mass is 19.1. The Balaban J connectivity index is 2.03. The van der Waals surface area contributed by atoms with Gasteiger partial charge in [0, 0.05) is 24.7 Å². The monoisotopic (exact) mass is 310 g/mol. The number of Topliss-reactive ketones (excluding diaryl/α,β-unsaturated/α-hetero) is 1. The number of carbonyl (C=O) groups excluding carboxylic acids is 1. The SMILES string of the molecule is C=NCCC(=O)c1nn(Cc2ccccc2F)c2ncccc12. The van der Waals surface area contributed by atoms with E-state index in [1.54, 1.807) is 41.2 Å². The molecule has 5 nitrogen and oxygen atoms in total. The summed E-state index contributed by atoms with van der Waals surface area (Å²) in [5.41, 5.74) is 1.40. The number of hydrogen-bond donors (Lipinski definition) is 0. The van der Waals surface area contributed by atoms with Crippen molar-refractivity contribution >= 4 is 23.5 Å². The quantitative estimate of drug-likeness (QED) is 0.519. The molecule has 1 aromatic carbocycles. The number of fused-ring (bicyclic) bond motifs is 1. The molecule has 2 aromatic heterocycles. The van der Waals surface area contributed by atoms with Gasteiger partial charge in [0.25, 0.3) is 0 Å². The molecule has 3 aromatic rings. The molecule has 0 atom stereocenters. The molecule has 0 radical (unpaired) electrons. The summed E-state index contributed by atoms with van der Waals surface area (Å²) in [6, 6.07) is 10.0. The molecule has 116 valence electrons. The van der Waals surface area contributed by atoms with Gasteiger partial charge in [-0.05, 0) is 24.9 Å². The second-order valence-electron chi connectivity index (χ2n) is 5.09. The van der Waals surface area contributed by atoms with E-state index >= 15 is 0 Å². The van der Waals surface area contributed by atoms with Crippen molar-refractivity contribution in [1.82, 2.24) is 14.8 Å². The van der Waals surface area contributed by atoms with Crippen LogP contribution in [0.3, 0.4) is 0 Å². The third kappa shape index (κ3) is 3.01. The van der Waals surface area contributed by atoms with Gasteiger partial charge in [-0.25, -0.2) is 14.1 Å². The number of halogens is 1. The number of hydrogen-bond acceptors (Lipinski definition) is 4. The Morgan fingerprint density at radius 1 is 1.26 bits per heavy atom. The molecular weight excluding hydrogens is 295 g/mol. The molecule has 0 N–H and O–H groups in total. The van der Waals surface area contributed by atoms with E-state index in [1.165, 1.54) is 6.07 Å². The van der Waals surface area contributed by atoms with Gasteiger partial charge in [0.15, 0.2) is 11.4 Å². The maximum Gasteiger partial charge on any atom is 0.185 e. The number of rotatable bonds is 6. The van der Waals surface area contributed by atoms with Crippen LogP contribution in [0, 0.1) is 5.82 Å². The first-order valence-electron chi connectivity index (χ1n) is 7.21. The zero-order chi connectivity index (χ0) is 16.2. The summed E-state index contributed by atoms with van der Waals surface area (Å²) in [5.74, 6) is -0.432. The highest BCUT2D eigenvalue weighted by Gasteiger charge is 2.18. The van der Waals surface area contributed by atoms with Crippen molar-refractivity contribution in [1.29, 1.82) is 0 Å². The van der Waals surface area contributed by atoms with E-state index in [2.05, 4.69) is 21.8 Å². The summed E-state index contributed by atoms with van der Waals surface area (Å²) < 4.78 is 15.4. The minimum atomic E-state index is -0.309. The molecule has 0 amide bonds. The van der Waals surface area contributed by atoms with Gasteiger partial charge in [0.05, 0.1) is 11.9 Å². The molecule has 0 aliphatic carbocycles. The van der Waals surface area contributed by atoms with E-state index in [0.29, 0.717) is 28.8 Å². The van der Waals surface area contributed by atoms with Gasteiger partial charge in [-0.3, -0.25) is 4.79 Å². The van der Waals surface area contributed by atoms with Crippen LogP contribution in [0.5, 0.6) is 0 Å². The van der Waals surface area contributed by atoms with Crippen molar-refractivity contribution in [3.8, 4) is 0 Å². The predicted molar refractivity (Wildman–Crippen MR) is 86.4 cm³/mol. The molecule has 0 spiro atoms. The Kier molecular flexibility index (Phi) is 4.23. The second kappa shape index (κ2) is 6.48. The molecule has 0 saturated carbocycles. The minimum absolute atomic E-state index is 0.123. The minimum Gasteiger partial charge on any atom is -0.300 e. The van der Waals surface area contributed by atoms with Gasteiger partial charge < -0.3 is 4.99 Å². The lowest BCUT2D eigenvalue weighted by Gasteiger charge is -2.04. The van der Waals surface area contributed by atoms with E-state index in [4.69, 9.17) is 0 Å². The number of carbonyl (C=O) groups is 1. The molecule has 0 fully saturated rings. The zero-order valence-electron chi connectivity index (χ0n) is 12.4. The normalized spacial score (nSPS) is 10.8. The maximum atomic E-state index is 13.9. The Labute approximate surface area is 132 Å². The average molecular weight is 310 g/mol. The third-order valence-electron chi connectivity index (χ3n) is 3.55.